The van der Waals surface area contributed by atoms with E-state index in [2.05, 4.69) is 16.8 Å². The lowest BCUT2D eigenvalue weighted by Crippen LogP contribution is -2.45. The van der Waals surface area contributed by atoms with Crippen LogP contribution >= 0.6 is 0 Å². The van der Waals surface area contributed by atoms with Crippen LogP contribution in [0.5, 0.6) is 0 Å². The molecule has 1 saturated heterocycles. The number of hydrogen-bond acceptors (Lipinski definition) is 6. The van der Waals surface area contributed by atoms with Gasteiger partial charge in [0.05, 0.1) is 31.0 Å². The van der Waals surface area contributed by atoms with Crippen molar-refractivity contribution in [3.05, 3.63) is 41.3 Å². The molecular formula is C25H36FN5O3. The number of aryl methyl sites for hydroxylation is 1. The number of halogens is 1. The molecule has 0 aliphatic carbocycles. The van der Waals surface area contributed by atoms with Crippen LogP contribution in [0, 0.1) is 12.7 Å². The predicted molar refractivity (Wildman–Crippen MR) is 130 cm³/mol. The lowest BCUT2D eigenvalue weighted by molar-refractivity contribution is -0.145. The minimum Gasteiger partial charge on any atom is -0.466 e. The Morgan fingerprint density at radius 1 is 1.15 bits per heavy atom. The lowest BCUT2D eigenvalue weighted by Gasteiger charge is -2.35. The first-order chi connectivity index (χ1) is 16.3. The summed E-state index contributed by atoms with van der Waals surface area (Å²) in [6.07, 6.45) is 0.978. The molecule has 8 nitrogen and oxygen atoms in total. The molecule has 1 amide bonds. The zero-order valence-electron chi connectivity index (χ0n) is 20.7. The Labute approximate surface area is 201 Å². The minimum atomic E-state index is -0.361. The van der Waals surface area contributed by atoms with Crippen molar-refractivity contribution in [3.63, 3.8) is 0 Å². The van der Waals surface area contributed by atoms with Crippen LogP contribution in [0.1, 0.15) is 44.4 Å². The molecule has 1 fully saturated rings. The predicted octanol–water partition coefficient (Wildman–Crippen LogP) is 3.15. The van der Waals surface area contributed by atoms with Gasteiger partial charge in [0.2, 0.25) is 5.91 Å². The van der Waals surface area contributed by atoms with E-state index in [1.54, 1.807) is 22.6 Å². The van der Waals surface area contributed by atoms with Gasteiger partial charge in [-0.25, -0.2) is 9.07 Å². The number of likely N-dealkylation sites (N-methyl/N-ethyl adjacent to an activating group) is 1. The summed E-state index contributed by atoms with van der Waals surface area (Å²) >= 11 is 0. The number of anilines is 1. The molecule has 3 rings (SSSR count). The summed E-state index contributed by atoms with van der Waals surface area (Å²) in [4.78, 5) is 31.1. The van der Waals surface area contributed by atoms with E-state index in [4.69, 9.17) is 9.84 Å². The number of carbonyl (C=O) groups is 2. The molecule has 0 atom stereocenters. The molecule has 2 heterocycles. The molecule has 2 aromatic rings. The summed E-state index contributed by atoms with van der Waals surface area (Å²) in [6, 6.07) is 6.41. The third kappa shape index (κ3) is 6.34. The summed E-state index contributed by atoms with van der Waals surface area (Å²) in [5.74, 6) is 0.131. The largest absolute Gasteiger partial charge is 0.466 e. The summed E-state index contributed by atoms with van der Waals surface area (Å²) in [5, 5.41) is 4.77. The van der Waals surface area contributed by atoms with E-state index in [0.717, 1.165) is 49.7 Å². The number of benzene rings is 1. The Kier molecular flexibility index (Phi) is 9.04. The van der Waals surface area contributed by atoms with Gasteiger partial charge >= 0.3 is 5.97 Å². The van der Waals surface area contributed by atoms with Crippen molar-refractivity contribution in [2.45, 2.75) is 46.6 Å². The second kappa shape index (κ2) is 12.0. The number of nitrogens with zero attached hydrogens (tertiary/aromatic N) is 5. The maximum Gasteiger partial charge on any atom is 0.306 e. The fraction of sp³-hybridized carbons (Fsp3) is 0.560. The monoisotopic (exact) mass is 473 g/mol. The fourth-order valence-electron chi connectivity index (χ4n) is 4.22. The van der Waals surface area contributed by atoms with Crippen LogP contribution in [0.25, 0.3) is 5.69 Å². The zero-order valence-corrected chi connectivity index (χ0v) is 20.7. The maximum absolute atomic E-state index is 14.1. The average Bonchev–Trinajstić information content (AvgIpc) is 3.14. The van der Waals surface area contributed by atoms with Crippen molar-refractivity contribution in [3.8, 4) is 5.69 Å². The highest BCUT2D eigenvalue weighted by Gasteiger charge is 2.27. The molecule has 1 aliphatic heterocycles. The molecule has 34 heavy (non-hydrogen) atoms. The Hall–Kier alpha value is -2.94. The SMILES string of the molecule is CCCN(Cc1c(C)nn(-c2cccc(F)c2)c1N1CCN(C)CC1)C(=O)CCC(=O)OCC. The normalized spacial score (nSPS) is 14.3. The fourth-order valence-corrected chi connectivity index (χ4v) is 4.22. The van der Waals surface area contributed by atoms with E-state index in [1.807, 2.05) is 19.9 Å². The van der Waals surface area contributed by atoms with Gasteiger partial charge in [-0.15, -0.1) is 0 Å². The van der Waals surface area contributed by atoms with Crippen molar-refractivity contribution in [1.82, 2.24) is 19.6 Å². The van der Waals surface area contributed by atoms with E-state index in [9.17, 15) is 14.0 Å². The number of piperazine rings is 1. The molecular weight excluding hydrogens is 437 g/mol. The van der Waals surface area contributed by atoms with Gasteiger partial charge in [0.25, 0.3) is 0 Å². The summed E-state index contributed by atoms with van der Waals surface area (Å²) in [6.45, 7) is 10.4. The molecule has 1 aliphatic rings. The van der Waals surface area contributed by atoms with Crippen molar-refractivity contribution in [2.75, 3.05) is 51.3 Å². The van der Waals surface area contributed by atoms with E-state index < -0.39 is 0 Å². The van der Waals surface area contributed by atoms with Crippen LogP contribution in [-0.4, -0.2) is 77.8 Å². The first-order valence-electron chi connectivity index (χ1n) is 12.0. The van der Waals surface area contributed by atoms with Crippen LogP contribution in [-0.2, 0) is 20.9 Å². The molecule has 0 radical (unpaired) electrons. The van der Waals surface area contributed by atoms with E-state index in [0.29, 0.717) is 25.4 Å². The van der Waals surface area contributed by atoms with Crippen molar-refractivity contribution >= 4 is 17.7 Å². The quantitative estimate of drug-likeness (QED) is 0.494. The Morgan fingerprint density at radius 3 is 2.53 bits per heavy atom. The van der Waals surface area contributed by atoms with Gasteiger partial charge in [-0.2, -0.15) is 5.10 Å². The molecule has 9 heteroatoms. The molecule has 1 aromatic heterocycles. The van der Waals surface area contributed by atoms with Crippen molar-refractivity contribution in [2.24, 2.45) is 0 Å². The number of hydrogen-bond donors (Lipinski definition) is 0. The maximum atomic E-state index is 14.1. The van der Waals surface area contributed by atoms with Crippen molar-refractivity contribution < 1.29 is 18.7 Å². The number of esters is 1. The van der Waals surface area contributed by atoms with E-state index >= 15 is 0 Å². The second-order valence-electron chi connectivity index (χ2n) is 8.69. The molecule has 1 aromatic carbocycles. The van der Waals surface area contributed by atoms with Gasteiger partial charge < -0.3 is 19.4 Å². The van der Waals surface area contributed by atoms with Gasteiger partial charge in [-0.05, 0) is 45.5 Å². The smallest absolute Gasteiger partial charge is 0.306 e. The van der Waals surface area contributed by atoms with Gasteiger partial charge in [0, 0.05) is 44.7 Å². The Morgan fingerprint density at radius 2 is 1.88 bits per heavy atom. The molecule has 0 saturated carbocycles. The van der Waals surface area contributed by atoms with Gasteiger partial charge in [-0.1, -0.05) is 13.0 Å². The molecule has 0 N–H and O–H groups in total. The Bertz CT molecular complexity index is 985. The molecule has 186 valence electrons. The number of aromatic nitrogens is 2. The van der Waals surface area contributed by atoms with Gasteiger partial charge in [-0.3, -0.25) is 9.59 Å². The van der Waals surface area contributed by atoms with Crippen LogP contribution < -0.4 is 4.90 Å². The topological polar surface area (TPSA) is 70.9 Å². The van der Waals surface area contributed by atoms with E-state index in [1.165, 1.54) is 12.1 Å². The second-order valence-corrected chi connectivity index (χ2v) is 8.69. The first-order valence-corrected chi connectivity index (χ1v) is 12.0. The third-order valence-corrected chi connectivity index (χ3v) is 6.06. The number of ether oxygens (including phenoxy) is 1. The number of rotatable bonds is 10. The lowest BCUT2D eigenvalue weighted by atomic mass is 10.1. The van der Waals surface area contributed by atoms with Gasteiger partial charge in [0.15, 0.2) is 0 Å². The summed E-state index contributed by atoms with van der Waals surface area (Å²) < 4.78 is 20.8. The van der Waals surface area contributed by atoms with Crippen LogP contribution in [0.4, 0.5) is 10.2 Å². The molecule has 0 bridgehead atoms. The van der Waals surface area contributed by atoms with Gasteiger partial charge in [0.1, 0.15) is 11.6 Å². The first kappa shape index (κ1) is 25.7. The number of amides is 1. The standard InChI is InChI=1S/C25H36FN5O3/c1-5-12-30(23(32)10-11-24(33)34-6-2)18-22-19(3)27-31(21-9-7-8-20(26)17-21)25(22)29-15-13-28(4)14-16-29/h7-9,17H,5-6,10-16,18H2,1-4H3. The van der Waals surface area contributed by atoms with Crippen LogP contribution in [0.3, 0.4) is 0 Å². The third-order valence-electron chi connectivity index (χ3n) is 6.06. The van der Waals surface area contributed by atoms with Crippen LogP contribution in [0.2, 0.25) is 0 Å². The highest BCUT2D eigenvalue weighted by Crippen LogP contribution is 2.30. The number of carbonyl (C=O) groups excluding carboxylic acids is 2. The molecule has 0 unspecified atom stereocenters. The highest BCUT2D eigenvalue weighted by atomic mass is 19.1. The average molecular weight is 474 g/mol. The molecule has 0 spiro atoms. The Balaban J connectivity index is 1.93. The zero-order chi connectivity index (χ0) is 24.7. The minimum absolute atomic E-state index is 0.0692. The summed E-state index contributed by atoms with van der Waals surface area (Å²) in [7, 11) is 2.10. The summed E-state index contributed by atoms with van der Waals surface area (Å²) in [5.41, 5.74) is 2.41. The highest BCUT2D eigenvalue weighted by molar-refractivity contribution is 5.81. The van der Waals surface area contributed by atoms with Crippen LogP contribution in [0.15, 0.2) is 24.3 Å². The van der Waals surface area contributed by atoms with E-state index in [-0.39, 0.29) is 30.5 Å². The van der Waals surface area contributed by atoms with Crippen molar-refractivity contribution in [1.29, 1.82) is 0 Å².